The lowest BCUT2D eigenvalue weighted by molar-refractivity contribution is 0.289. The molecule has 1 fully saturated rings. The van der Waals surface area contributed by atoms with Gasteiger partial charge in [0.05, 0.1) is 22.5 Å². The summed E-state index contributed by atoms with van der Waals surface area (Å²) in [5, 5.41) is 4.36. The van der Waals surface area contributed by atoms with Crippen LogP contribution < -0.4 is 4.72 Å². The molecule has 1 aliphatic rings. The Hall–Kier alpha value is -2.00. The first-order valence-electron chi connectivity index (χ1n) is 7.56. The van der Waals surface area contributed by atoms with Gasteiger partial charge in [0.25, 0.3) is 10.0 Å². The second-order valence-electron chi connectivity index (χ2n) is 5.93. The summed E-state index contributed by atoms with van der Waals surface area (Å²) in [7, 11) is -3.76. The zero-order valence-corrected chi connectivity index (χ0v) is 14.5. The van der Waals surface area contributed by atoms with Crippen molar-refractivity contribution in [2.75, 3.05) is 4.72 Å². The molecule has 0 bridgehead atoms. The number of rotatable bonds is 4. The van der Waals surface area contributed by atoms with Crippen LogP contribution in [-0.2, 0) is 10.0 Å². The van der Waals surface area contributed by atoms with Gasteiger partial charge < -0.3 is 0 Å². The lowest BCUT2D eigenvalue weighted by Gasteiger charge is -2.25. The highest BCUT2D eigenvalue weighted by molar-refractivity contribution is 7.93. The van der Waals surface area contributed by atoms with Gasteiger partial charge >= 0.3 is 0 Å². The van der Waals surface area contributed by atoms with Crippen LogP contribution in [0.25, 0.3) is 10.2 Å². The highest BCUT2D eigenvalue weighted by Crippen LogP contribution is 2.32. The lowest BCUT2D eigenvalue weighted by Crippen LogP contribution is -2.17. The summed E-state index contributed by atoms with van der Waals surface area (Å²) in [6, 6.07) is 3.27. The standard InChI is InChI=1S/C15H15FN4O2S2/c1-9-5-14-13(6-12(9)16)18-15(23-14)19-24(21,22)11-7-17-20(8-11)10-3-2-4-10/h5-8,10H,2-4H2,1H3,(H,18,19). The van der Waals surface area contributed by atoms with Crippen molar-refractivity contribution < 1.29 is 12.8 Å². The summed E-state index contributed by atoms with van der Waals surface area (Å²) in [4.78, 5) is 4.26. The summed E-state index contributed by atoms with van der Waals surface area (Å²) >= 11 is 1.18. The van der Waals surface area contributed by atoms with Crippen molar-refractivity contribution in [3.63, 3.8) is 0 Å². The molecular formula is C15H15FN4O2S2. The molecule has 0 spiro atoms. The van der Waals surface area contributed by atoms with Crippen LogP contribution in [0.1, 0.15) is 30.9 Å². The largest absolute Gasteiger partial charge is 0.268 e. The van der Waals surface area contributed by atoms with Gasteiger partial charge in [0.1, 0.15) is 10.7 Å². The van der Waals surface area contributed by atoms with E-state index < -0.39 is 10.0 Å². The summed E-state index contributed by atoms with van der Waals surface area (Å²) in [6.45, 7) is 1.66. The van der Waals surface area contributed by atoms with E-state index in [1.165, 1.54) is 23.6 Å². The highest BCUT2D eigenvalue weighted by Gasteiger charge is 2.24. The Morgan fingerprint density at radius 2 is 2.17 bits per heavy atom. The fraction of sp³-hybridized carbons (Fsp3) is 0.333. The molecule has 24 heavy (non-hydrogen) atoms. The van der Waals surface area contributed by atoms with Crippen molar-refractivity contribution in [2.45, 2.75) is 37.1 Å². The molecule has 0 aliphatic heterocycles. The van der Waals surface area contributed by atoms with Gasteiger partial charge in [-0.3, -0.25) is 9.40 Å². The van der Waals surface area contributed by atoms with Crippen LogP contribution in [0.3, 0.4) is 0 Å². The number of halogens is 1. The first-order chi connectivity index (χ1) is 11.4. The fourth-order valence-electron chi connectivity index (χ4n) is 2.58. The molecule has 1 aromatic carbocycles. The minimum atomic E-state index is -3.76. The maximum Gasteiger partial charge on any atom is 0.266 e. The first-order valence-corrected chi connectivity index (χ1v) is 9.86. The van der Waals surface area contributed by atoms with Crippen LogP contribution in [0.2, 0.25) is 0 Å². The third kappa shape index (κ3) is 2.67. The van der Waals surface area contributed by atoms with Crippen LogP contribution in [0.15, 0.2) is 29.4 Å². The van der Waals surface area contributed by atoms with E-state index in [9.17, 15) is 12.8 Å². The smallest absolute Gasteiger partial charge is 0.266 e. The van der Waals surface area contributed by atoms with Crippen LogP contribution in [0.5, 0.6) is 0 Å². The number of nitrogens with zero attached hydrogens (tertiary/aromatic N) is 3. The Bertz CT molecular complexity index is 982. The minimum absolute atomic E-state index is 0.107. The number of fused-ring (bicyclic) bond motifs is 1. The summed E-state index contributed by atoms with van der Waals surface area (Å²) in [5.41, 5.74) is 0.938. The zero-order valence-electron chi connectivity index (χ0n) is 12.9. The average molecular weight is 366 g/mol. The molecule has 2 heterocycles. The molecule has 126 valence electrons. The van der Waals surface area contributed by atoms with E-state index in [-0.39, 0.29) is 15.8 Å². The Kier molecular flexibility index (Phi) is 3.57. The number of anilines is 1. The number of thiazole rings is 1. The monoisotopic (exact) mass is 366 g/mol. The Morgan fingerprint density at radius 3 is 2.88 bits per heavy atom. The van der Waals surface area contributed by atoms with Crippen LogP contribution in [0.4, 0.5) is 9.52 Å². The molecule has 0 amide bonds. The highest BCUT2D eigenvalue weighted by atomic mass is 32.2. The molecule has 3 aromatic rings. The molecule has 0 saturated heterocycles. The van der Waals surface area contributed by atoms with E-state index in [0.717, 1.165) is 24.0 Å². The molecule has 1 aliphatic carbocycles. The molecule has 1 N–H and O–H groups in total. The number of hydrogen-bond donors (Lipinski definition) is 1. The van der Waals surface area contributed by atoms with Gasteiger partial charge in [-0.05, 0) is 37.8 Å². The van der Waals surface area contributed by atoms with E-state index in [1.807, 2.05) is 0 Å². The van der Waals surface area contributed by atoms with Crippen molar-refractivity contribution in [1.29, 1.82) is 0 Å². The minimum Gasteiger partial charge on any atom is -0.268 e. The van der Waals surface area contributed by atoms with Crippen molar-refractivity contribution in [1.82, 2.24) is 14.8 Å². The Balaban J connectivity index is 1.62. The van der Waals surface area contributed by atoms with Gasteiger partial charge in [-0.2, -0.15) is 5.10 Å². The maximum atomic E-state index is 13.6. The Labute approximate surface area is 142 Å². The van der Waals surface area contributed by atoms with E-state index in [1.54, 1.807) is 23.9 Å². The SMILES string of the molecule is Cc1cc2sc(NS(=O)(=O)c3cnn(C4CCC4)c3)nc2cc1F. The van der Waals surface area contributed by atoms with Crippen molar-refractivity contribution in [3.8, 4) is 0 Å². The van der Waals surface area contributed by atoms with E-state index in [0.29, 0.717) is 17.1 Å². The predicted octanol–water partition coefficient (Wildman–Crippen LogP) is 3.47. The number of sulfonamides is 1. The normalized spacial score (nSPS) is 15.6. The Morgan fingerprint density at radius 1 is 1.38 bits per heavy atom. The third-order valence-corrected chi connectivity index (χ3v) is 6.58. The van der Waals surface area contributed by atoms with Gasteiger partial charge in [0, 0.05) is 12.3 Å². The lowest BCUT2D eigenvalue weighted by atomic mass is 9.93. The van der Waals surface area contributed by atoms with Gasteiger partial charge in [0.2, 0.25) is 0 Å². The first kappa shape index (κ1) is 15.5. The summed E-state index contributed by atoms with van der Waals surface area (Å²) in [6.07, 6.45) is 6.09. The molecule has 1 saturated carbocycles. The number of hydrogen-bond acceptors (Lipinski definition) is 5. The quantitative estimate of drug-likeness (QED) is 0.767. The van der Waals surface area contributed by atoms with Crippen LogP contribution >= 0.6 is 11.3 Å². The number of benzene rings is 1. The van der Waals surface area contributed by atoms with E-state index >= 15 is 0 Å². The maximum absolute atomic E-state index is 13.6. The van der Waals surface area contributed by atoms with Gasteiger partial charge in [0.15, 0.2) is 5.13 Å². The molecule has 0 unspecified atom stereocenters. The molecule has 6 nitrogen and oxygen atoms in total. The van der Waals surface area contributed by atoms with E-state index in [4.69, 9.17) is 0 Å². The summed E-state index contributed by atoms with van der Waals surface area (Å²) < 4.78 is 43.5. The molecular weight excluding hydrogens is 351 g/mol. The van der Waals surface area contributed by atoms with Crippen LogP contribution in [0, 0.1) is 12.7 Å². The van der Waals surface area contributed by atoms with Gasteiger partial charge in [-0.1, -0.05) is 11.3 Å². The second kappa shape index (κ2) is 5.52. The van der Waals surface area contributed by atoms with Crippen molar-refractivity contribution >= 4 is 36.7 Å². The van der Waals surface area contributed by atoms with Crippen molar-refractivity contribution in [3.05, 3.63) is 35.9 Å². The third-order valence-electron chi connectivity index (χ3n) is 4.23. The fourth-order valence-corrected chi connectivity index (χ4v) is 4.70. The van der Waals surface area contributed by atoms with E-state index in [2.05, 4.69) is 14.8 Å². The molecule has 0 radical (unpaired) electrons. The number of aromatic nitrogens is 3. The summed E-state index contributed by atoms with van der Waals surface area (Å²) in [5.74, 6) is -0.357. The molecule has 9 heteroatoms. The topological polar surface area (TPSA) is 76.9 Å². The van der Waals surface area contributed by atoms with Crippen LogP contribution in [-0.4, -0.2) is 23.2 Å². The number of aryl methyl sites for hydroxylation is 1. The van der Waals surface area contributed by atoms with Gasteiger partial charge in [-0.25, -0.2) is 17.8 Å². The average Bonchev–Trinajstić information content (AvgIpc) is 3.04. The second-order valence-corrected chi connectivity index (χ2v) is 8.65. The van der Waals surface area contributed by atoms with Gasteiger partial charge in [-0.15, -0.1) is 0 Å². The predicted molar refractivity (Wildman–Crippen MR) is 90.2 cm³/mol. The van der Waals surface area contributed by atoms with Crippen molar-refractivity contribution in [2.24, 2.45) is 0 Å². The molecule has 4 rings (SSSR count). The zero-order chi connectivity index (χ0) is 16.9. The molecule has 0 atom stereocenters. The molecule has 2 aromatic heterocycles. The number of nitrogens with one attached hydrogen (secondary N) is 1.